The van der Waals surface area contributed by atoms with Crippen molar-refractivity contribution in [1.82, 2.24) is 5.01 Å². The Balaban J connectivity index is 1.92. The van der Waals surface area contributed by atoms with Crippen LogP contribution in [0.15, 0.2) is 65.8 Å². The average Bonchev–Trinajstić information content (AvgIpc) is 2.90. The van der Waals surface area contributed by atoms with Crippen molar-refractivity contribution in [2.45, 2.75) is 19.4 Å². The second-order valence-corrected chi connectivity index (χ2v) is 4.98. The van der Waals surface area contributed by atoms with E-state index in [-0.39, 0.29) is 11.9 Å². The van der Waals surface area contributed by atoms with Crippen molar-refractivity contribution < 1.29 is 4.79 Å². The van der Waals surface area contributed by atoms with Gasteiger partial charge in [0.25, 0.3) is 5.91 Å². The van der Waals surface area contributed by atoms with E-state index in [4.69, 9.17) is 0 Å². The second kappa shape index (κ2) is 5.29. The Morgan fingerprint density at radius 3 is 2.30 bits per heavy atom. The van der Waals surface area contributed by atoms with E-state index in [1.54, 1.807) is 5.01 Å². The molecule has 2 aromatic rings. The smallest absolute Gasteiger partial charge is 0.267 e. The third-order valence-electron chi connectivity index (χ3n) is 3.48. The van der Waals surface area contributed by atoms with E-state index in [0.29, 0.717) is 5.56 Å². The standard InChI is InChI=1S/C17H16N2O/c1-13-12-16(14-8-4-2-5-9-14)19(18-13)17(20)15-10-6-3-7-11-15/h2-11,16H,12H2,1H3. The van der Waals surface area contributed by atoms with Gasteiger partial charge in [-0.15, -0.1) is 0 Å². The lowest BCUT2D eigenvalue weighted by molar-refractivity contribution is 0.0711. The van der Waals surface area contributed by atoms with Gasteiger partial charge in [-0.1, -0.05) is 48.5 Å². The van der Waals surface area contributed by atoms with Crippen LogP contribution in [0.25, 0.3) is 0 Å². The van der Waals surface area contributed by atoms with E-state index in [1.165, 1.54) is 0 Å². The predicted molar refractivity (Wildman–Crippen MR) is 79.5 cm³/mol. The molecule has 1 amide bonds. The second-order valence-electron chi connectivity index (χ2n) is 4.98. The van der Waals surface area contributed by atoms with Crippen LogP contribution >= 0.6 is 0 Å². The van der Waals surface area contributed by atoms with E-state index < -0.39 is 0 Å². The number of amides is 1. The maximum Gasteiger partial charge on any atom is 0.274 e. The largest absolute Gasteiger partial charge is 0.274 e. The van der Waals surface area contributed by atoms with Crippen LogP contribution in [0.2, 0.25) is 0 Å². The molecule has 20 heavy (non-hydrogen) atoms. The first-order valence-electron chi connectivity index (χ1n) is 6.73. The molecule has 0 aromatic heterocycles. The average molecular weight is 264 g/mol. The van der Waals surface area contributed by atoms with Crippen LogP contribution in [0.5, 0.6) is 0 Å². The molecule has 0 saturated carbocycles. The summed E-state index contributed by atoms with van der Waals surface area (Å²) in [5.41, 5.74) is 2.78. The minimum absolute atomic E-state index is 0.00362. The number of rotatable bonds is 2. The molecule has 3 nitrogen and oxygen atoms in total. The highest BCUT2D eigenvalue weighted by molar-refractivity contribution is 5.97. The van der Waals surface area contributed by atoms with E-state index in [0.717, 1.165) is 17.7 Å². The van der Waals surface area contributed by atoms with Gasteiger partial charge in [0.1, 0.15) is 0 Å². The summed E-state index contributed by atoms with van der Waals surface area (Å²) >= 11 is 0. The van der Waals surface area contributed by atoms with E-state index in [9.17, 15) is 4.79 Å². The molecule has 0 N–H and O–H groups in total. The summed E-state index contributed by atoms with van der Waals surface area (Å²) in [6.45, 7) is 1.97. The predicted octanol–water partition coefficient (Wildman–Crippen LogP) is 3.65. The van der Waals surface area contributed by atoms with Gasteiger partial charge in [0.15, 0.2) is 0 Å². The van der Waals surface area contributed by atoms with Crippen molar-refractivity contribution in [2.75, 3.05) is 0 Å². The Morgan fingerprint density at radius 2 is 1.65 bits per heavy atom. The van der Waals surface area contributed by atoms with Crippen molar-refractivity contribution in [3.63, 3.8) is 0 Å². The van der Waals surface area contributed by atoms with Gasteiger partial charge < -0.3 is 0 Å². The number of hydrogen-bond acceptors (Lipinski definition) is 2. The fourth-order valence-corrected chi connectivity index (χ4v) is 2.49. The quantitative estimate of drug-likeness (QED) is 0.815. The molecular formula is C17H16N2O. The van der Waals surface area contributed by atoms with Gasteiger partial charge in [-0.25, -0.2) is 5.01 Å². The molecule has 0 spiro atoms. The van der Waals surface area contributed by atoms with Crippen molar-refractivity contribution in [2.24, 2.45) is 5.10 Å². The lowest BCUT2D eigenvalue weighted by Crippen LogP contribution is -2.27. The SMILES string of the molecule is CC1=NN(C(=O)c2ccccc2)C(c2ccccc2)C1. The van der Waals surface area contributed by atoms with Crippen LogP contribution in [0.1, 0.15) is 35.3 Å². The van der Waals surface area contributed by atoms with Crippen molar-refractivity contribution >= 4 is 11.6 Å². The molecule has 0 saturated heterocycles. The van der Waals surface area contributed by atoms with Gasteiger partial charge in [-0.3, -0.25) is 4.79 Å². The number of benzene rings is 2. The van der Waals surface area contributed by atoms with Gasteiger partial charge in [-0.05, 0) is 24.6 Å². The number of nitrogens with zero attached hydrogens (tertiary/aromatic N) is 2. The minimum Gasteiger partial charge on any atom is -0.267 e. The number of carbonyl (C=O) groups is 1. The first kappa shape index (κ1) is 12.6. The number of hydrogen-bond donors (Lipinski definition) is 0. The molecule has 0 radical (unpaired) electrons. The summed E-state index contributed by atoms with van der Waals surface area (Å²) in [7, 11) is 0. The van der Waals surface area contributed by atoms with E-state index >= 15 is 0 Å². The Kier molecular flexibility index (Phi) is 3.33. The monoisotopic (exact) mass is 264 g/mol. The molecule has 1 aliphatic rings. The van der Waals surface area contributed by atoms with Crippen LogP contribution in [-0.4, -0.2) is 16.6 Å². The Morgan fingerprint density at radius 1 is 1.05 bits per heavy atom. The number of hydrazone groups is 1. The number of carbonyl (C=O) groups excluding carboxylic acids is 1. The highest BCUT2D eigenvalue weighted by Gasteiger charge is 2.31. The summed E-state index contributed by atoms with van der Waals surface area (Å²) in [6.07, 6.45) is 0.794. The molecule has 3 rings (SSSR count). The van der Waals surface area contributed by atoms with Crippen LogP contribution < -0.4 is 0 Å². The first-order valence-corrected chi connectivity index (χ1v) is 6.73. The Bertz CT molecular complexity index is 635. The van der Waals surface area contributed by atoms with Gasteiger partial charge in [-0.2, -0.15) is 5.10 Å². The molecule has 0 aliphatic carbocycles. The van der Waals surface area contributed by atoms with Gasteiger partial charge in [0, 0.05) is 17.7 Å². The molecule has 100 valence electrons. The zero-order valence-corrected chi connectivity index (χ0v) is 11.4. The molecule has 1 aliphatic heterocycles. The lowest BCUT2D eigenvalue weighted by Gasteiger charge is -2.22. The molecule has 1 heterocycles. The van der Waals surface area contributed by atoms with Gasteiger partial charge in [0.2, 0.25) is 0 Å². The van der Waals surface area contributed by atoms with Crippen LogP contribution in [-0.2, 0) is 0 Å². The van der Waals surface area contributed by atoms with Crippen molar-refractivity contribution in [3.05, 3.63) is 71.8 Å². The summed E-state index contributed by atoms with van der Waals surface area (Å²) in [5, 5.41) is 6.03. The maximum atomic E-state index is 12.6. The molecular weight excluding hydrogens is 248 g/mol. The van der Waals surface area contributed by atoms with Crippen LogP contribution in [0.4, 0.5) is 0 Å². The van der Waals surface area contributed by atoms with Crippen LogP contribution in [0, 0.1) is 0 Å². The van der Waals surface area contributed by atoms with Gasteiger partial charge in [0.05, 0.1) is 6.04 Å². The fraction of sp³-hybridized carbons (Fsp3) is 0.176. The summed E-state index contributed by atoms with van der Waals surface area (Å²) in [4.78, 5) is 12.6. The van der Waals surface area contributed by atoms with Crippen molar-refractivity contribution in [1.29, 1.82) is 0 Å². The van der Waals surface area contributed by atoms with Gasteiger partial charge >= 0.3 is 0 Å². The summed E-state index contributed by atoms with van der Waals surface area (Å²) in [6, 6.07) is 19.4. The third kappa shape index (κ3) is 2.35. The Hall–Kier alpha value is -2.42. The first-order chi connectivity index (χ1) is 9.75. The zero-order chi connectivity index (χ0) is 13.9. The zero-order valence-electron chi connectivity index (χ0n) is 11.4. The maximum absolute atomic E-state index is 12.6. The molecule has 0 fully saturated rings. The third-order valence-corrected chi connectivity index (χ3v) is 3.48. The lowest BCUT2D eigenvalue weighted by atomic mass is 10.0. The highest BCUT2D eigenvalue weighted by Crippen LogP contribution is 2.31. The van der Waals surface area contributed by atoms with Crippen molar-refractivity contribution in [3.8, 4) is 0 Å². The summed E-state index contributed by atoms with van der Waals surface area (Å²) < 4.78 is 0. The van der Waals surface area contributed by atoms with E-state index in [2.05, 4.69) is 5.10 Å². The normalized spacial score (nSPS) is 17.9. The van der Waals surface area contributed by atoms with E-state index in [1.807, 2.05) is 67.6 Å². The molecule has 1 atom stereocenters. The molecule has 0 bridgehead atoms. The molecule has 2 aromatic carbocycles. The summed E-state index contributed by atoms with van der Waals surface area (Å²) in [5.74, 6) is -0.0451. The minimum atomic E-state index is -0.0451. The molecule has 1 unspecified atom stereocenters. The fourth-order valence-electron chi connectivity index (χ4n) is 2.49. The Labute approximate surface area is 118 Å². The molecule has 3 heteroatoms. The van der Waals surface area contributed by atoms with Crippen LogP contribution in [0.3, 0.4) is 0 Å². The topological polar surface area (TPSA) is 32.7 Å². The highest BCUT2D eigenvalue weighted by atomic mass is 16.2.